The maximum absolute atomic E-state index is 4.64. The molecule has 0 aliphatic heterocycles. The monoisotopic (exact) mass is 237 g/mol. The zero-order valence-electron chi connectivity index (χ0n) is 9.78. The summed E-state index contributed by atoms with van der Waals surface area (Å²) in [5.41, 5.74) is 0. The fourth-order valence-corrected chi connectivity index (χ4v) is 3.27. The van der Waals surface area contributed by atoms with Crippen molar-refractivity contribution in [3.8, 4) is 0 Å². The number of aromatic nitrogens is 2. The minimum absolute atomic E-state index is 0.635. The molecular formula is C12H19N3S. The van der Waals surface area contributed by atoms with E-state index in [2.05, 4.69) is 21.6 Å². The number of anilines is 1. The van der Waals surface area contributed by atoms with Crippen molar-refractivity contribution in [2.45, 2.75) is 57.4 Å². The van der Waals surface area contributed by atoms with Gasteiger partial charge in [0.1, 0.15) is 5.82 Å². The summed E-state index contributed by atoms with van der Waals surface area (Å²) < 4.78 is 4.52. The van der Waals surface area contributed by atoms with Crippen LogP contribution in [0.1, 0.15) is 57.2 Å². The van der Waals surface area contributed by atoms with Gasteiger partial charge in [0.05, 0.1) is 0 Å². The van der Waals surface area contributed by atoms with Gasteiger partial charge in [-0.1, -0.05) is 13.3 Å². The quantitative estimate of drug-likeness (QED) is 0.872. The van der Waals surface area contributed by atoms with E-state index in [0.717, 1.165) is 16.9 Å². The Labute approximate surface area is 101 Å². The van der Waals surface area contributed by atoms with Crippen molar-refractivity contribution in [3.63, 3.8) is 0 Å². The molecule has 1 N–H and O–H groups in total. The Morgan fingerprint density at radius 2 is 2.19 bits per heavy atom. The Morgan fingerprint density at radius 3 is 2.88 bits per heavy atom. The van der Waals surface area contributed by atoms with Crippen molar-refractivity contribution in [1.82, 2.24) is 9.36 Å². The summed E-state index contributed by atoms with van der Waals surface area (Å²) >= 11 is 1.54. The first kappa shape index (κ1) is 10.5. The molecule has 2 atom stereocenters. The van der Waals surface area contributed by atoms with Gasteiger partial charge in [-0.25, -0.2) is 4.98 Å². The van der Waals surface area contributed by atoms with E-state index < -0.39 is 0 Å². The van der Waals surface area contributed by atoms with E-state index >= 15 is 0 Å². The molecule has 0 amide bonds. The van der Waals surface area contributed by atoms with Crippen LogP contribution in [-0.2, 0) is 0 Å². The smallest absolute Gasteiger partial charge is 0.202 e. The molecule has 2 fully saturated rings. The standard InChI is InChI=1S/C12H19N3S/c1-2-8-3-4-9(7-8)11-14-12(16-15-11)13-10-5-6-10/h8-10H,2-7H2,1H3,(H,13,14,15). The molecule has 2 saturated carbocycles. The van der Waals surface area contributed by atoms with Gasteiger partial charge >= 0.3 is 0 Å². The highest BCUT2D eigenvalue weighted by atomic mass is 32.1. The number of rotatable bonds is 4. The van der Waals surface area contributed by atoms with Gasteiger partial charge in [0.25, 0.3) is 0 Å². The first-order valence-electron chi connectivity index (χ1n) is 6.45. The van der Waals surface area contributed by atoms with E-state index in [1.54, 1.807) is 11.5 Å². The summed E-state index contributed by atoms with van der Waals surface area (Å²) in [5.74, 6) is 2.65. The second-order valence-electron chi connectivity index (χ2n) is 5.16. The lowest BCUT2D eigenvalue weighted by atomic mass is 10.0. The Hall–Kier alpha value is -0.640. The molecular weight excluding hydrogens is 218 g/mol. The number of hydrogen-bond donors (Lipinski definition) is 1. The van der Waals surface area contributed by atoms with Gasteiger partial charge in [0, 0.05) is 23.5 Å². The second-order valence-corrected chi connectivity index (χ2v) is 5.91. The van der Waals surface area contributed by atoms with E-state index in [0.29, 0.717) is 12.0 Å². The normalized spacial score (nSPS) is 29.6. The summed E-state index contributed by atoms with van der Waals surface area (Å²) in [5, 5.41) is 4.47. The predicted molar refractivity (Wildman–Crippen MR) is 66.9 cm³/mol. The molecule has 2 aliphatic rings. The van der Waals surface area contributed by atoms with E-state index in [1.165, 1.54) is 38.5 Å². The van der Waals surface area contributed by atoms with E-state index in [4.69, 9.17) is 0 Å². The van der Waals surface area contributed by atoms with Crippen LogP contribution in [0.3, 0.4) is 0 Å². The van der Waals surface area contributed by atoms with Gasteiger partial charge in [-0.3, -0.25) is 0 Å². The van der Waals surface area contributed by atoms with Crippen molar-refractivity contribution < 1.29 is 0 Å². The van der Waals surface area contributed by atoms with E-state index in [-0.39, 0.29) is 0 Å². The highest BCUT2D eigenvalue weighted by molar-refractivity contribution is 7.09. The maximum Gasteiger partial charge on any atom is 0.202 e. The molecule has 3 rings (SSSR count). The fourth-order valence-electron chi connectivity index (χ4n) is 2.54. The zero-order chi connectivity index (χ0) is 11.0. The summed E-state index contributed by atoms with van der Waals surface area (Å²) in [6.45, 7) is 2.29. The summed E-state index contributed by atoms with van der Waals surface area (Å²) in [7, 11) is 0. The second kappa shape index (κ2) is 4.32. The highest BCUT2D eigenvalue weighted by Crippen LogP contribution is 2.39. The van der Waals surface area contributed by atoms with Crippen molar-refractivity contribution in [2.24, 2.45) is 5.92 Å². The Bertz CT molecular complexity index is 359. The van der Waals surface area contributed by atoms with Crippen LogP contribution in [0.5, 0.6) is 0 Å². The molecule has 2 unspecified atom stereocenters. The SMILES string of the molecule is CCC1CCC(c2nsc(NC3CC3)n2)C1. The lowest BCUT2D eigenvalue weighted by Gasteiger charge is -2.05. The van der Waals surface area contributed by atoms with Crippen LogP contribution in [0.4, 0.5) is 5.13 Å². The third kappa shape index (κ3) is 2.21. The lowest BCUT2D eigenvalue weighted by Crippen LogP contribution is -2.01. The van der Waals surface area contributed by atoms with E-state index in [1.807, 2.05) is 0 Å². The molecule has 4 heteroatoms. The van der Waals surface area contributed by atoms with Gasteiger partial charge in [-0.2, -0.15) is 4.37 Å². The molecule has 88 valence electrons. The molecule has 2 aliphatic carbocycles. The summed E-state index contributed by atoms with van der Waals surface area (Å²) in [4.78, 5) is 4.64. The fraction of sp³-hybridized carbons (Fsp3) is 0.833. The molecule has 0 aromatic carbocycles. The third-order valence-electron chi connectivity index (χ3n) is 3.83. The van der Waals surface area contributed by atoms with Crippen LogP contribution in [0.25, 0.3) is 0 Å². The molecule has 16 heavy (non-hydrogen) atoms. The molecule has 1 aromatic heterocycles. The molecule has 0 bridgehead atoms. The minimum atomic E-state index is 0.635. The Balaban J connectivity index is 1.63. The first-order valence-corrected chi connectivity index (χ1v) is 7.22. The molecule has 1 heterocycles. The molecule has 1 aromatic rings. The third-order valence-corrected chi connectivity index (χ3v) is 4.49. The molecule has 0 saturated heterocycles. The Kier molecular flexibility index (Phi) is 2.84. The van der Waals surface area contributed by atoms with Gasteiger partial charge in [-0.05, 0) is 38.0 Å². The van der Waals surface area contributed by atoms with Crippen LogP contribution in [0.15, 0.2) is 0 Å². The molecule has 3 nitrogen and oxygen atoms in total. The van der Waals surface area contributed by atoms with Crippen LogP contribution in [0.2, 0.25) is 0 Å². The molecule has 0 radical (unpaired) electrons. The number of nitrogens with zero attached hydrogens (tertiary/aromatic N) is 2. The average molecular weight is 237 g/mol. The first-order chi connectivity index (χ1) is 7.85. The minimum Gasteiger partial charge on any atom is -0.358 e. The topological polar surface area (TPSA) is 37.8 Å². The van der Waals surface area contributed by atoms with Gasteiger partial charge in [0.15, 0.2) is 0 Å². The van der Waals surface area contributed by atoms with E-state index in [9.17, 15) is 0 Å². The summed E-state index contributed by atoms with van der Waals surface area (Å²) in [6, 6.07) is 0.688. The van der Waals surface area contributed by atoms with Crippen LogP contribution in [0, 0.1) is 5.92 Å². The predicted octanol–water partition coefficient (Wildman–Crippen LogP) is 3.41. The van der Waals surface area contributed by atoms with Crippen molar-refractivity contribution in [3.05, 3.63) is 5.82 Å². The average Bonchev–Trinajstić information content (AvgIpc) is 2.83. The lowest BCUT2D eigenvalue weighted by molar-refractivity contribution is 0.518. The van der Waals surface area contributed by atoms with Crippen LogP contribution < -0.4 is 5.32 Å². The molecule has 0 spiro atoms. The number of hydrogen-bond acceptors (Lipinski definition) is 4. The zero-order valence-corrected chi connectivity index (χ0v) is 10.6. The van der Waals surface area contributed by atoms with Crippen molar-refractivity contribution in [1.29, 1.82) is 0 Å². The summed E-state index contributed by atoms with van der Waals surface area (Å²) in [6.07, 6.45) is 7.88. The van der Waals surface area contributed by atoms with Crippen LogP contribution in [-0.4, -0.2) is 15.4 Å². The Morgan fingerprint density at radius 1 is 1.31 bits per heavy atom. The largest absolute Gasteiger partial charge is 0.358 e. The van der Waals surface area contributed by atoms with Gasteiger partial charge in [-0.15, -0.1) is 0 Å². The van der Waals surface area contributed by atoms with Gasteiger partial charge in [0.2, 0.25) is 5.13 Å². The van der Waals surface area contributed by atoms with Crippen molar-refractivity contribution >= 4 is 16.7 Å². The number of nitrogens with one attached hydrogen (secondary N) is 1. The van der Waals surface area contributed by atoms with Crippen LogP contribution >= 0.6 is 11.5 Å². The highest BCUT2D eigenvalue weighted by Gasteiger charge is 2.28. The maximum atomic E-state index is 4.64. The van der Waals surface area contributed by atoms with Crippen molar-refractivity contribution in [2.75, 3.05) is 5.32 Å². The van der Waals surface area contributed by atoms with Gasteiger partial charge < -0.3 is 5.32 Å².